The Labute approximate surface area is 217 Å². The van der Waals surface area contributed by atoms with Crippen LogP contribution in [0.5, 0.6) is 0 Å². The summed E-state index contributed by atoms with van der Waals surface area (Å²) < 4.78 is 78.5. The van der Waals surface area contributed by atoms with Gasteiger partial charge in [0.05, 0.1) is 29.9 Å². The van der Waals surface area contributed by atoms with Crippen molar-refractivity contribution in [3.8, 4) is 17.3 Å². The van der Waals surface area contributed by atoms with Crippen molar-refractivity contribution in [1.29, 1.82) is 5.26 Å². The molecule has 39 heavy (non-hydrogen) atoms. The van der Waals surface area contributed by atoms with Gasteiger partial charge in [0, 0.05) is 55.6 Å². The number of amides is 2. The van der Waals surface area contributed by atoms with Crippen molar-refractivity contribution in [2.45, 2.75) is 49.2 Å². The number of nitrogens with zero attached hydrogens (tertiary/aromatic N) is 7. The Hall–Kier alpha value is -3.87. The normalized spacial score (nSPS) is 22.6. The molecule has 2 fully saturated rings. The molecule has 0 bridgehead atoms. The molecule has 1 aliphatic heterocycles. The standard InChI is InChI=1S/C23H23F6N9O/c24-22(25,26)19(23(27,28)29)35-20(39)37-7-5-36(6-8-37)15-9-21(10-15,2-3-30)38-12-14(11-34-38)17-16-1-4-31-18(16)33-13-32-17/h1,4,11-13,15,19H,2,5-10H2,(H,35,39)(H,31,32,33)/t15-,21-. The molecule has 208 valence electrons. The quantitative estimate of drug-likeness (QED) is 0.466. The summed E-state index contributed by atoms with van der Waals surface area (Å²) in [6, 6.07) is -1.24. The first-order valence-corrected chi connectivity index (χ1v) is 12.0. The summed E-state index contributed by atoms with van der Waals surface area (Å²) in [4.78, 5) is 26.7. The second kappa shape index (κ2) is 9.70. The number of aromatic nitrogens is 5. The molecule has 0 atom stereocenters. The van der Waals surface area contributed by atoms with E-state index in [0.29, 0.717) is 24.2 Å². The lowest BCUT2D eigenvalue weighted by Gasteiger charge is -2.52. The van der Waals surface area contributed by atoms with Gasteiger partial charge in [0.1, 0.15) is 12.0 Å². The number of rotatable bonds is 5. The molecule has 2 N–H and O–H groups in total. The first-order valence-electron chi connectivity index (χ1n) is 12.0. The second-order valence-electron chi connectivity index (χ2n) is 9.75. The van der Waals surface area contributed by atoms with Crippen LogP contribution in [0.1, 0.15) is 19.3 Å². The van der Waals surface area contributed by atoms with E-state index >= 15 is 0 Å². The first kappa shape index (κ1) is 26.7. The van der Waals surface area contributed by atoms with E-state index < -0.39 is 30.0 Å². The molecule has 2 aliphatic rings. The van der Waals surface area contributed by atoms with Gasteiger partial charge in [0.25, 0.3) is 0 Å². The van der Waals surface area contributed by atoms with Crippen molar-refractivity contribution < 1.29 is 31.1 Å². The third-order valence-corrected chi connectivity index (χ3v) is 7.38. The minimum atomic E-state index is -5.65. The van der Waals surface area contributed by atoms with Crippen LogP contribution in [-0.4, -0.2) is 91.2 Å². The first-order chi connectivity index (χ1) is 18.4. The predicted octanol–water partition coefficient (Wildman–Crippen LogP) is 3.41. The second-order valence-corrected chi connectivity index (χ2v) is 9.75. The maximum absolute atomic E-state index is 12.8. The number of piperazine rings is 1. The molecule has 4 heterocycles. The summed E-state index contributed by atoms with van der Waals surface area (Å²) in [5, 5.41) is 15.9. The van der Waals surface area contributed by atoms with Crippen LogP contribution in [-0.2, 0) is 5.54 Å². The summed E-state index contributed by atoms with van der Waals surface area (Å²) in [5.41, 5.74) is 1.58. The van der Waals surface area contributed by atoms with E-state index in [1.807, 2.05) is 17.2 Å². The highest BCUT2D eigenvalue weighted by Crippen LogP contribution is 2.45. The summed E-state index contributed by atoms with van der Waals surface area (Å²) in [6.07, 6.45) is -3.25. The number of hydrogen-bond donors (Lipinski definition) is 2. The van der Waals surface area contributed by atoms with Crippen LogP contribution < -0.4 is 5.32 Å². The van der Waals surface area contributed by atoms with E-state index in [1.54, 1.807) is 17.1 Å². The Morgan fingerprint density at radius 1 is 1.15 bits per heavy atom. The van der Waals surface area contributed by atoms with Gasteiger partial charge in [-0.3, -0.25) is 9.58 Å². The fourth-order valence-corrected chi connectivity index (χ4v) is 5.30. The SMILES string of the molecule is N#CC[C@]1(n2cc(-c3ncnc4[nH]ccc34)cn2)C[C@H](N2CCN(C(=O)NC(C(F)(F)F)C(F)(F)F)CC2)C1. The largest absolute Gasteiger partial charge is 0.417 e. The van der Waals surface area contributed by atoms with Crippen molar-refractivity contribution in [2.75, 3.05) is 26.2 Å². The number of fused-ring (bicyclic) bond motifs is 1. The maximum atomic E-state index is 12.8. The molecule has 16 heteroatoms. The minimum Gasteiger partial charge on any atom is -0.346 e. The number of aromatic amines is 1. The molecular weight excluding hydrogens is 532 g/mol. The number of halogens is 6. The number of carbonyl (C=O) groups excluding carboxylic acids is 1. The highest BCUT2D eigenvalue weighted by molar-refractivity contribution is 5.90. The number of nitrogens with one attached hydrogen (secondary N) is 2. The zero-order chi connectivity index (χ0) is 28.0. The molecule has 1 aliphatic carbocycles. The Kier molecular flexibility index (Phi) is 6.65. The van der Waals surface area contributed by atoms with Gasteiger partial charge in [-0.2, -0.15) is 36.7 Å². The lowest BCUT2D eigenvalue weighted by Crippen LogP contribution is -2.63. The molecule has 0 unspecified atom stereocenters. The van der Waals surface area contributed by atoms with E-state index in [4.69, 9.17) is 0 Å². The average Bonchev–Trinajstić information content (AvgIpc) is 3.53. The summed E-state index contributed by atoms with van der Waals surface area (Å²) in [7, 11) is 0. The average molecular weight is 555 g/mol. The van der Waals surface area contributed by atoms with Crippen molar-refractivity contribution >= 4 is 17.1 Å². The van der Waals surface area contributed by atoms with Gasteiger partial charge in [-0.1, -0.05) is 0 Å². The fourth-order valence-electron chi connectivity index (χ4n) is 5.30. The minimum absolute atomic E-state index is 0.0183. The highest BCUT2D eigenvalue weighted by Gasteiger charge is 2.58. The van der Waals surface area contributed by atoms with Crippen LogP contribution >= 0.6 is 0 Å². The van der Waals surface area contributed by atoms with Crippen LogP contribution in [0.2, 0.25) is 0 Å². The summed E-state index contributed by atoms with van der Waals surface area (Å²) in [5.74, 6) is 0. The Bertz CT molecular complexity index is 1360. The zero-order valence-corrected chi connectivity index (χ0v) is 20.3. The van der Waals surface area contributed by atoms with Gasteiger partial charge in [0.2, 0.25) is 6.04 Å². The van der Waals surface area contributed by atoms with Crippen LogP contribution in [0.3, 0.4) is 0 Å². The van der Waals surface area contributed by atoms with Gasteiger partial charge in [-0.25, -0.2) is 14.8 Å². The molecule has 5 rings (SSSR count). The predicted molar refractivity (Wildman–Crippen MR) is 124 cm³/mol. The van der Waals surface area contributed by atoms with Crippen LogP contribution in [0.25, 0.3) is 22.3 Å². The number of urea groups is 1. The molecule has 0 spiro atoms. The topological polar surface area (TPSA) is 119 Å². The number of nitriles is 1. The van der Waals surface area contributed by atoms with E-state index in [-0.39, 0.29) is 38.6 Å². The van der Waals surface area contributed by atoms with Crippen LogP contribution in [0.4, 0.5) is 31.1 Å². The van der Waals surface area contributed by atoms with Gasteiger partial charge in [0.15, 0.2) is 0 Å². The van der Waals surface area contributed by atoms with E-state index in [9.17, 15) is 36.4 Å². The molecule has 10 nitrogen and oxygen atoms in total. The number of alkyl halides is 6. The zero-order valence-electron chi connectivity index (χ0n) is 20.3. The molecule has 1 saturated carbocycles. The van der Waals surface area contributed by atoms with Gasteiger partial charge in [-0.15, -0.1) is 0 Å². The fraction of sp³-hybridized carbons (Fsp3) is 0.522. The maximum Gasteiger partial charge on any atom is 0.417 e. The number of hydrogen-bond acceptors (Lipinski definition) is 6. The molecular formula is C23H23F6N9O. The third kappa shape index (κ3) is 5.10. The molecule has 0 radical (unpaired) electrons. The molecule has 3 aromatic heterocycles. The van der Waals surface area contributed by atoms with Crippen LogP contribution in [0.15, 0.2) is 31.0 Å². The van der Waals surface area contributed by atoms with E-state index in [1.165, 1.54) is 6.33 Å². The van der Waals surface area contributed by atoms with Gasteiger partial charge in [-0.05, 0) is 18.9 Å². The van der Waals surface area contributed by atoms with Crippen molar-refractivity contribution in [2.24, 2.45) is 0 Å². The number of H-pyrrole nitrogens is 1. The Balaban J connectivity index is 1.21. The lowest BCUT2D eigenvalue weighted by atomic mass is 9.70. The van der Waals surface area contributed by atoms with Crippen LogP contribution in [0, 0.1) is 11.3 Å². The van der Waals surface area contributed by atoms with E-state index in [0.717, 1.165) is 21.2 Å². The third-order valence-electron chi connectivity index (χ3n) is 7.38. The highest BCUT2D eigenvalue weighted by atomic mass is 19.4. The van der Waals surface area contributed by atoms with Crippen molar-refractivity contribution in [3.05, 3.63) is 31.0 Å². The summed E-state index contributed by atoms with van der Waals surface area (Å²) >= 11 is 0. The smallest absolute Gasteiger partial charge is 0.346 e. The van der Waals surface area contributed by atoms with Crippen molar-refractivity contribution in [1.82, 2.24) is 39.8 Å². The monoisotopic (exact) mass is 555 g/mol. The summed E-state index contributed by atoms with van der Waals surface area (Å²) in [6.45, 7) is 0.505. The molecule has 1 saturated heterocycles. The molecule has 0 aromatic carbocycles. The van der Waals surface area contributed by atoms with Crippen molar-refractivity contribution in [3.63, 3.8) is 0 Å². The van der Waals surface area contributed by atoms with Gasteiger partial charge >= 0.3 is 18.4 Å². The Morgan fingerprint density at radius 2 is 1.85 bits per heavy atom. The number of carbonyl (C=O) groups is 1. The van der Waals surface area contributed by atoms with E-state index in [2.05, 4.69) is 26.1 Å². The molecule has 3 aromatic rings. The van der Waals surface area contributed by atoms with Gasteiger partial charge < -0.3 is 15.2 Å². The Morgan fingerprint density at radius 3 is 2.49 bits per heavy atom. The lowest BCUT2D eigenvalue weighted by molar-refractivity contribution is -0.255. The molecule has 2 amide bonds.